The minimum atomic E-state index is -0.0177. The van der Waals surface area contributed by atoms with Crippen molar-refractivity contribution < 1.29 is 9.15 Å². The molecule has 0 aliphatic carbocycles. The molecule has 0 N–H and O–H groups in total. The van der Waals surface area contributed by atoms with Crippen LogP contribution in [0.15, 0.2) is 52.9 Å². The first kappa shape index (κ1) is 18.4. The molecule has 0 aliphatic rings. The molecule has 26 heavy (non-hydrogen) atoms. The van der Waals surface area contributed by atoms with Crippen molar-refractivity contribution in [2.75, 3.05) is 20.2 Å². The first-order valence-electron chi connectivity index (χ1n) is 8.52. The standard InChI is InChI=1S/C20H22ClN3O2/c1-14-7-4-5-10-18(14)25-12-11-24(3)15(2)19-22-23-20(26-19)16-8-6-9-17(21)13-16/h4-10,13,15H,11-12H2,1-3H3/t15-/m0/s1. The lowest BCUT2D eigenvalue weighted by molar-refractivity contribution is 0.181. The Bertz CT molecular complexity index is 866. The molecule has 1 aromatic heterocycles. The van der Waals surface area contributed by atoms with E-state index in [1.807, 2.05) is 69.4 Å². The van der Waals surface area contributed by atoms with Gasteiger partial charge in [-0.3, -0.25) is 4.90 Å². The van der Waals surface area contributed by atoms with Gasteiger partial charge in [-0.1, -0.05) is 35.9 Å². The third kappa shape index (κ3) is 4.42. The normalized spacial score (nSPS) is 12.3. The zero-order chi connectivity index (χ0) is 18.5. The van der Waals surface area contributed by atoms with Gasteiger partial charge in [0.1, 0.15) is 12.4 Å². The maximum absolute atomic E-state index is 6.02. The van der Waals surface area contributed by atoms with Gasteiger partial charge >= 0.3 is 0 Å². The number of aryl methyl sites for hydroxylation is 1. The molecule has 136 valence electrons. The van der Waals surface area contributed by atoms with Crippen molar-refractivity contribution in [3.8, 4) is 17.2 Å². The largest absolute Gasteiger partial charge is 0.492 e. The second-order valence-corrected chi connectivity index (χ2v) is 6.66. The van der Waals surface area contributed by atoms with E-state index in [4.69, 9.17) is 20.8 Å². The summed E-state index contributed by atoms with van der Waals surface area (Å²) in [7, 11) is 2.01. The average Bonchev–Trinajstić information content (AvgIpc) is 3.13. The SMILES string of the molecule is Cc1ccccc1OCCN(C)[C@@H](C)c1nnc(-c2cccc(Cl)c2)o1. The number of likely N-dealkylation sites (N-methyl/N-ethyl adjacent to an activating group) is 1. The van der Waals surface area contributed by atoms with Crippen molar-refractivity contribution >= 4 is 11.6 Å². The van der Waals surface area contributed by atoms with E-state index < -0.39 is 0 Å². The van der Waals surface area contributed by atoms with Crippen molar-refractivity contribution in [2.24, 2.45) is 0 Å². The second kappa shape index (κ2) is 8.34. The zero-order valence-corrected chi connectivity index (χ0v) is 15.9. The van der Waals surface area contributed by atoms with E-state index in [0.29, 0.717) is 23.4 Å². The molecule has 5 nitrogen and oxygen atoms in total. The van der Waals surface area contributed by atoms with Crippen molar-refractivity contribution in [2.45, 2.75) is 19.9 Å². The molecule has 0 radical (unpaired) electrons. The fourth-order valence-electron chi connectivity index (χ4n) is 2.54. The molecule has 0 bridgehead atoms. The summed E-state index contributed by atoms with van der Waals surface area (Å²) in [6, 6.07) is 15.4. The number of hydrogen-bond donors (Lipinski definition) is 0. The minimum absolute atomic E-state index is 0.0177. The molecule has 0 saturated carbocycles. The number of nitrogens with zero attached hydrogens (tertiary/aromatic N) is 3. The summed E-state index contributed by atoms with van der Waals surface area (Å²) in [5, 5.41) is 8.96. The van der Waals surface area contributed by atoms with E-state index in [9.17, 15) is 0 Å². The molecule has 3 aromatic rings. The summed E-state index contributed by atoms with van der Waals surface area (Å²) in [6.45, 7) is 5.39. The number of hydrogen-bond acceptors (Lipinski definition) is 5. The van der Waals surface area contributed by atoms with Crippen LogP contribution in [0, 0.1) is 6.92 Å². The van der Waals surface area contributed by atoms with Gasteiger partial charge < -0.3 is 9.15 Å². The lowest BCUT2D eigenvalue weighted by Gasteiger charge is -2.21. The third-order valence-corrected chi connectivity index (χ3v) is 4.56. The van der Waals surface area contributed by atoms with Gasteiger partial charge in [-0.25, -0.2) is 0 Å². The Morgan fingerprint density at radius 2 is 1.96 bits per heavy atom. The highest BCUT2D eigenvalue weighted by molar-refractivity contribution is 6.30. The zero-order valence-electron chi connectivity index (χ0n) is 15.1. The van der Waals surface area contributed by atoms with Crippen LogP contribution in [0.1, 0.15) is 24.4 Å². The summed E-state index contributed by atoms with van der Waals surface area (Å²) in [4.78, 5) is 2.12. The Kier molecular flexibility index (Phi) is 5.91. The third-order valence-electron chi connectivity index (χ3n) is 4.33. The summed E-state index contributed by atoms with van der Waals surface area (Å²) in [5.41, 5.74) is 1.94. The number of para-hydroxylation sites is 1. The van der Waals surface area contributed by atoms with E-state index >= 15 is 0 Å². The summed E-state index contributed by atoms with van der Waals surface area (Å²) < 4.78 is 11.7. The first-order valence-corrected chi connectivity index (χ1v) is 8.90. The van der Waals surface area contributed by atoms with Crippen LogP contribution >= 0.6 is 11.6 Å². The molecule has 0 saturated heterocycles. The Morgan fingerprint density at radius 3 is 2.73 bits per heavy atom. The van der Waals surface area contributed by atoms with E-state index in [1.165, 1.54) is 0 Å². The summed E-state index contributed by atoms with van der Waals surface area (Å²) in [5.74, 6) is 1.95. The molecule has 2 aromatic carbocycles. The van der Waals surface area contributed by atoms with E-state index in [0.717, 1.165) is 23.4 Å². The van der Waals surface area contributed by atoms with Crippen molar-refractivity contribution in [1.29, 1.82) is 0 Å². The van der Waals surface area contributed by atoms with Crippen molar-refractivity contribution in [3.63, 3.8) is 0 Å². The van der Waals surface area contributed by atoms with Crippen molar-refractivity contribution in [1.82, 2.24) is 15.1 Å². The molecule has 0 unspecified atom stereocenters. The van der Waals surface area contributed by atoms with Crippen LogP contribution in [-0.4, -0.2) is 35.3 Å². The Hall–Kier alpha value is -2.37. The van der Waals surface area contributed by atoms with Gasteiger partial charge in [-0.2, -0.15) is 0 Å². The Labute approximate surface area is 158 Å². The smallest absolute Gasteiger partial charge is 0.247 e. The van der Waals surface area contributed by atoms with Gasteiger partial charge in [0, 0.05) is 17.1 Å². The molecule has 0 amide bonds. The van der Waals surface area contributed by atoms with Gasteiger partial charge in [0.2, 0.25) is 11.8 Å². The fourth-order valence-corrected chi connectivity index (χ4v) is 2.73. The highest BCUT2D eigenvalue weighted by atomic mass is 35.5. The molecular formula is C20H22ClN3O2. The number of ether oxygens (including phenoxy) is 1. The van der Waals surface area contributed by atoms with Crippen molar-refractivity contribution in [3.05, 3.63) is 65.0 Å². The fraction of sp³-hybridized carbons (Fsp3) is 0.300. The molecule has 1 atom stereocenters. The molecule has 0 fully saturated rings. The van der Waals surface area contributed by atoms with Gasteiger partial charge in [-0.15, -0.1) is 10.2 Å². The molecule has 3 rings (SSSR count). The number of aromatic nitrogens is 2. The number of rotatable bonds is 7. The van der Waals surface area contributed by atoms with Crippen LogP contribution in [0.2, 0.25) is 5.02 Å². The van der Waals surface area contributed by atoms with Crippen LogP contribution in [-0.2, 0) is 0 Å². The van der Waals surface area contributed by atoms with Gasteiger partial charge in [0.25, 0.3) is 0 Å². The average molecular weight is 372 g/mol. The molecule has 0 aliphatic heterocycles. The van der Waals surface area contributed by atoms with E-state index in [-0.39, 0.29) is 6.04 Å². The van der Waals surface area contributed by atoms with Crippen LogP contribution < -0.4 is 4.74 Å². The predicted molar refractivity (Wildman–Crippen MR) is 102 cm³/mol. The Balaban J connectivity index is 1.58. The highest BCUT2D eigenvalue weighted by Crippen LogP contribution is 2.25. The lowest BCUT2D eigenvalue weighted by Crippen LogP contribution is -2.27. The highest BCUT2D eigenvalue weighted by Gasteiger charge is 2.19. The maximum atomic E-state index is 6.02. The summed E-state index contributed by atoms with van der Waals surface area (Å²) in [6.07, 6.45) is 0. The number of benzene rings is 2. The lowest BCUT2D eigenvalue weighted by atomic mass is 10.2. The topological polar surface area (TPSA) is 51.4 Å². The Morgan fingerprint density at radius 1 is 1.15 bits per heavy atom. The van der Waals surface area contributed by atoms with Crippen LogP contribution in [0.25, 0.3) is 11.5 Å². The first-order chi connectivity index (χ1) is 12.5. The second-order valence-electron chi connectivity index (χ2n) is 6.23. The number of halogens is 1. The van der Waals surface area contributed by atoms with Gasteiger partial charge in [0.05, 0.1) is 6.04 Å². The van der Waals surface area contributed by atoms with Gasteiger partial charge in [-0.05, 0) is 50.7 Å². The van der Waals surface area contributed by atoms with E-state index in [1.54, 1.807) is 0 Å². The molecule has 1 heterocycles. The van der Waals surface area contributed by atoms with E-state index in [2.05, 4.69) is 15.1 Å². The molecular weight excluding hydrogens is 350 g/mol. The van der Waals surface area contributed by atoms with Crippen LogP contribution in [0.4, 0.5) is 0 Å². The summed E-state index contributed by atoms with van der Waals surface area (Å²) >= 11 is 6.02. The monoisotopic (exact) mass is 371 g/mol. The predicted octanol–water partition coefficient (Wildman–Crippen LogP) is 4.77. The van der Waals surface area contributed by atoms with Crippen LogP contribution in [0.3, 0.4) is 0 Å². The molecule has 0 spiro atoms. The quantitative estimate of drug-likeness (QED) is 0.598. The molecule has 6 heteroatoms. The maximum Gasteiger partial charge on any atom is 0.247 e. The van der Waals surface area contributed by atoms with Crippen LogP contribution in [0.5, 0.6) is 5.75 Å². The minimum Gasteiger partial charge on any atom is -0.492 e. The van der Waals surface area contributed by atoms with Gasteiger partial charge in [0.15, 0.2) is 0 Å².